The second kappa shape index (κ2) is 8.11. The normalized spacial score (nSPS) is 24.5. The van der Waals surface area contributed by atoms with Crippen molar-refractivity contribution in [1.29, 1.82) is 0 Å². The number of nitrogens with two attached hydrogens (primary N) is 1. The number of ether oxygens (including phenoxy) is 1. The Balaban J connectivity index is 1.70. The molecule has 3 atom stereocenters. The molecule has 1 unspecified atom stereocenters. The van der Waals surface area contributed by atoms with Gasteiger partial charge in [-0.05, 0) is 24.6 Å². The van der Waals surface area contributed by atoms with Gasteiger partial charge in [0.2, 0.25) is 5.91 Å². The lowest BCUT2D eigenvalue weighted by Crippen LogP contribution is -2.42. The molecule has 0 spiro atoms. The van der Waals surface area contributed by atoms with E-state index in [1.807, 2.05) is 0 Å². The summed E-state index contributed by atoms with van der Waals surface area (Å²) in [5.41, 5.74) is 5.84. The molecule has 0 radical (unpaired) electrons. The average molecular weight is 394 g/mol. The maximum Gasteiger partial charge on any atom is 0.408 e. The molecule has 2 heterocycles. The van der Waals surface area contributed by atoms with Gasteiger partial charge in [-0.25, -0.2) is 9.18 Å². The number of likely N-dealkylation sites (tertiary alicyclic amines) is 2. The smallest absolute Gasteiger partial charge is 0.408 e. The molecule has 28 heavy (non-hydrogen) atoms. The Labute approximate surface area is 161 Å². The molecule has 4 N–H and O–H groups in total. The van der Waals surface area contributed by atoms with Crippen molar-refractivity contribution in [2.45, 2.75) is 31.0 Å². The molecule has 0 saturated carbocycles. The number of nitrogens with zero attached hydrogens (tertiary/aromatic N) is 2. The van der Waals surface area contributed by atoms with Crippen LogP contribution < -0.4 is 11.1 Å². The highest BCUT2D eigenvalue weighted by Crippen LogP contribution is 2.24. The van der Waals surface area contributed by atoms with E-state index in [0.29, 0.717) is 19.5 Å². The zero-order valence-electron chi connectivity index (χ0n) is 15.4. The van der Waals surface area contributed by atoms with E-state index in [1.54, 1.807) is 4.90 Å². The number of amides is 3. The van der Waals surface area contributed by atoms with Gasteiger partial charge in [-0.3, -0.25) is 14.5 Å². The fourth-order valence-corrected chi connectivity index (χ4v) is 3.55. The fourth-order valence-electron chi connectivity index (χ4n) is 3.55. The van der Waals surface area contributed by atoms with Gasteiger partial charge in [0.25, 0.3) is 5.91 Å². The van der Waals surface area contributed by atoms with Crippen LogP contribution in [0.15, 0.2) is 18.2 Å². The Morgan fingerprint density at radius 2 is 2.07 bits per heavy atom. The highest BCUT2D eigenvalue weighted by molar-refractivity contribution is 5.98. The van der Waals surface area contributed by atoms with E-state index < -0.39 is 30.0 Å². The number of halogens is 1. The average Bonchev–Trinajstić information content (AvgIpc) is 3.29. The second-order valence-corrected chi connectivity index (χ2v) is 7.03. The van der Waals surface area contributed by atoms with Crippen molar-refractivity contribution in [3.05, 3.63) is 29.6 Å². The molecular formula is C18H23FN4O5. The Kier molecular flexibility index (Phi) is 5.80. The van der Waals surface area contributed by atoms with E-state index >= 15 is 0 Å². The molecule has 3 amide bonds. The molecule has 2 saturated heterocycles. The molecule has 1 aromatic rings. The van der Waals surface area contributed by atoms with E-state index in [2.05, 4.69) is 5.32 Å². The van der Waals surface area contributed by atoms with Crippen LogP contribution in [0.5, 0.6) is 0 Å². The maximum absolute atomic E-state index is 14.5. The molecule has 2 fully saturated rings. The van der Waals surface area contributed by atoms with Crippen molar-refractivity contribution >= 4 is 23.6 Å². The summed E-state index contributed by atoms with van der Waals surface area (Å²) in [4.78, 5) is 38.7. The van der Waals surface area contributed by atoms with Gasteiger partial charge in [0.15, 0.2) is 0 Å². The number of rotatable bonds is 4. The van der Waals surface area contributed by atoms with Gasteiger partial charge in [0, 0.05) is 38.2 Å². The van der Waals surface area contributed by atoms with Crippen molar-refractivity contribution in [3.63, 3.8) is 0 Å². The summed E-state index contributed by atoms with van der Waals surface area (Å²) >= 11 is 0. The lowest BCUT2D eigenvalue weighted by molar-refractivity contribution is -0.120. The van der Waals surface area contributed by atoms with Crippen molar-refractivity contribution < 1.29 is 28.6 Å². The van der Waals surface area contributed by atoms with Crippen molar-refractivity contribution in [3.8, 4) is 0 Å². The van der Waals surface area contributed by atoms with E-state index in [-0.39, 0.29) is 36.2 Å². The zero-order valence-corrected chi connectivity index (χ0v) is 15.4. The third kappa shape index (κ3) is 4.07. The Bertz CT molecular complexity index is 789. The van der Waals surface area contributed by atoms with Gasteiger partial charge < -0.3 is 25.8 Å². The quantitative estimate of drug-likeness (QED) is 0.691. The number of benzene rings is 1. The number of carbonyl (C=O) groups is 3. The van der Waals surface area contributed by atoms with Gasteiger partial charge in [-0.1, -0.05) is 0 Å². The van der Waals surface area contributed by atoms with Crippen LogP contribution in [0.3, 0.4) is 0 Å². The Hall–Kier alpha value is -2.72. The number of hydrogen-bond acceptors (Lipinski definition) is 5. The van der Waals surface area contributed by atoms with E-state index in [1.165, 1.54) is 19.2 Å². The highest BCUT2D eigenvalue weighted by Gasteiger charge is 2.40. The summed E-state index contributed by atoms with van der Waals surface area (Å²) < 4.78 is 19.6. The number of anilines is 1. The Morgan fingerprint density at radius 3 is 2.64 bits per heavy atom. The molecule has 1 aromatic carbocycles. The predicted molar refractivity (Wildman–Crippen MR) is 97.5 cm³/mol. The first-order valence-corrected chi connectivity index (χ1v) is 8.97. The number of carbonyl (C=O) groups excluding carboxylic acids is 2. The van der Waals surface area contributed by atoms with Crippen LogP contribution in [0, 0.1) is 5.82 Å². The van der Waals surface area contributed by atoms with Crippen LogP contribution in [-0.2, 0) is 9.53 Å². The minimum absolute atomic E-state index is 0.0673. The first-order valence-electron chi connectivity index (χ1n) is 8.97. The number of hydrogen-bond donors (Lipinski definition) is 3. The summed E-state index contributed by atoms with van der Waals surface area (Å²) in [6.45, 7) is 1.01. The van der Waals surface area contributed by atoms with Crippen LogP contribution in [0.25, 0.3) is 0 Å². The number of nitrogens with one attached hydrogen (secondary N) is 1. The van der Waals surface area contributed by atoms with Crippen LogP contribution in [0.4, 0.5) is 14.9 Å². The van der Waals surface area contributed by atoms with E-state index in [0.717, 1.165) is 11.0 Å². The minimum atomic E-state index is -1.25. The van der Waals surface area contributed by atoms with Crippen LogP contribution in [-0.4, -0.2) is 77.7 Å². The summed E-state index contributed by atoms with van der Waals surface area (Å²) in [5.74, 6) is -1.74. The van der Waals surface area contributed by atoms with Gasteiger partial charge in [0.05, 0.1) is 18.3 Å². The third-order valence-corrected chi connectivity index (χ3v) is 5.13. The lowest BCUT2D eigenvalue weighted by Gasteiger charge is -2.20. The fraction of sp³-hybridized carbons (Fsp3) is 0.500. The lowest BCUT2D eigenvalue weighted by atomic mass is 10.1. The second-order valence-electron chi connectivity index (χ2n) is 7.03. The predicted octanol–water partition coefficient (Wildman–Crippen LogP) is 0.705. The minimum Gasteiger partial charge on any atom is -0.465 e. The number of methoxy groups -OCH3 is 1. The standard InChI is InChI=1S/C18H23FN4O5/c1-28-12-7-15(23(9-12)18(26)27)16(24)21-14-3-2-10(6-13(14)19)17(25)22-5-4-11(20)8-22/h2-3,6,11-12,15H,4-5,7-9,20H2,1H3,(H,21,24)(H,26,27)/t11?,12-,15-/m1/s1. The van der Waals surface area contributed by atoms with Crippen LogP contribution in [0.1, 0.15) is 23.2 Å². The van der Waals surface area contributed by atoms with E-state index in [9.17, 15) is 23.9 Å². The summed E-state index contributed by atoms with van der Waals surface area (Å²) in [6.07, 6.45) is -0.762. The van der Waals surface area contributed by atoms with Crippen LogP contribution in [0.2, 0.25) is 0 Å². The molecule has 3 rings (SSSR count). The zero-order chi connectivity index (χ0) is 20.4. The molecule has 10 heteroatoms. The number of carboxylic acid groups (broad SMARTS) is 1. The summed E-state index contributed by atoms with van der Waals surface area (Å²) in [7, 11) is 1.44. The first kappa shape index (κ1) is 20.0. The molecule has 152 valence electrons. The molecular weight excluding hydrogens is 371 g/mol. The summed E-state index contributed by atoms with van der Waals surface area (Å²) in [6, 6.07) is 2.72. The Morgan fingerprint density at radius 1 is 1.32 bits per heavy atom. The van der Waals surface area contributed by atoms with Gasteiger partial charge >= 0.3 is 6.09 Å². The van der Waals surface area contributed by atoms with Gasteiger partial charge in [-0.15, -0.1) is 0 Å². The third-order valence-electron chi connectivity index (χ3n) is 5.13. The molecule has 0 bridgehead atoms. The molecule has 2 aliphatic heterocycles. The topological polar surface area (TPSA) is 125 Å². The van der Waals surface area contributed by atoms with Gasteiger partial charge in [-0.2, -0.15) is 0 Å². The SMILES string of the molecule is CO[C@@H]1C[C@H](C(=O)Nc2ccc(C(=O)N3CCC(N)C3)cc2F)N(C(=O)O)C1. The van der Waals surface area contributed by atoms with Crippen molar-refractivity contribution in [2.24, 2.45) is 5.73 Å². The highest BCUT2D eigenvalue weighted by atomic mass is 19.1. The van der Waals surface area contributed by atoms with Gasteiger partial charge in [0.1, 0.15) is 11.9 Å². The van der Waals surface area contributed by atoms with Crippen molar-refractivity contribution in [1.82, 2.24) is 9.80 Å². The summed E-state index contributed by atoms with van der Waals surface area (Å²) in [5, 5.41) is 11.7. The first-order chi connectivity index (χ1) is 13.3. The van der Waals surface area contributed by atoms with Crippen LogP contribution >= 0.6 is 0 Å². The maximum atomic E-state index is 14.5. The monoisotopic (exact) mass is 394 g/mol. The van der Waals surface area contributed by atoms with E-state index in [4.69, 9.17) is 10.5 Å². The molecule has 0 aromatic heterocycles. The largest absolute Gasteiger partial charge is 0.465 e. The molecule has 2 aliphatic rings. The molecule has 9 nitrogen and oxygen atoms in total. The van der Waals surface area contributed by atoms with Crippen molar-refractivity contribution in [2.75, 3.05) is 32.1 Å². The molecule has 0 aliphatic carbocycles.